The van der Waals surface area contributed by atoms with E-state index in [0.29, 0.717) is 65.6 Å². The van der Waals surface area contributed by atoms with Crippen LogP contribution in [-0.2, 0) is 0 Å². The summed E-state index contributed by atoms with van der Waals surface area (Å²) in [7, 11) is 0. The van der Waals surface area contributed by atoms with Crippen molar-refractivity contribution in [1.82, 2.24) is 6.15 Å². The van der Waals surface area contributed by atoms with E-state index in [1.807, 2.05) is 0 Å². The second-order valence-corrected chi connectivity index (χ2v) is 65.7. The molecule has 9 nitrogen and oxygen atoms in total. The molecule has 0 spiro atoms. The van der Waals surface area contributed by atoms with E-state index in [2.05, 4.69) is 206 Å². The maximum absolute atomic E-state index is 10.3. The van der Waals surface area contributed by atoms with Crippen molar-refractivity contribution in [2.24, 2.45) is 272 Å². The van der Waals surface area contributed by atoms with Crippen molar-refractivity contribution in [3.05, 3.63) is 26.4 Å². The van der Waals surface area contributed by atoms with Crippen molar-refractivity contribution in [2.75, 3.05) is 0 Å². The number of aliphatic hydroxyl groups excluding tert-OH is 1. The molecule has 0 bridgehead atoms. The van der Waals surface area contributed by atoms with Crippen LogP contribution < -0.4 is 41.4 Å². The minimum absolute atomic E-state index is 0. The fraction of sp³-hybridized carbons (Fsp3) is 1.00. The summed E-state index contributed by atoms with van der Waals surface area (Å²) in [5.74, 6) is 33.5. The molecule has 0 aromatic rings. The number of rotatable bonds is 26. The first-order chi connectivity index (χ1) is 68.7. The fourth-order valence-corrected chi connectivity index (χ4v) is 47.7. The van der Waals surface area contributed by atoms with Gasteiger partial charge in [0.2, 0.25) is 0 Å². The molecule has 850 valence electrons. The Morgan fingerprint density at radius 3 is 0.804 bits per heavy atom. The van der Waals surface area contributed by atoms with Gasteiger partial charge in [-0.1, -0.05) is 297 Å². The first kappa shape index (κ1) is 127. The van der Waals surface area contributed by atoms with Crippen LogP contribution in [0, 0.1) is 261 Å². The monoisotopic (exact) mass is 2210 g/mol. The van der Waals surface area contributed by atoms with E-state index in [1.54, 1.807) is 38.5 Å². The van der Waals surface area contributed by atoms with E-state index in [0.717, 1.165) is 237 Å². The van der Waals surface area contributed by atoms with E-state index >= 15 is 0 Å². The number of nitrogens with zero attached hydrogens (tertiary/aromatic N) is 6. The largest absolute Gasteiger partial charge is 1.00 e. The van der Waals surface area contributed by atoms with Crippen LogP contribution in [0.3, 0.4) is 0 Å². The number of nitrogens with two attached hydrogens (primary N) is 1. The average Bonchev–Trinajstić information content (AvgIpc) is 1.50. The van der Waals surface area contributed by atoms with Gasteiger partial charge in [-0.15, -0.1) is 24.0 Å². The second-order valence-electron chi connectivity index (χ2n) is 63.4. The standard InChI is InChI=1S/C27H47Cl.C27H47I.C27H47N3.C27H49N.C27H48O.ClH.N3.H3N.Na/c2*1-18(2)7-6-8-19(3)23-11-12-24-22-10-9-20-17-21(28)13-15-26(20,4)25(22)14-16-27(23,24)5;1-18(2)7-6-8-19(3)23-11-12-24-22-10-9-20-17-21(29-30-28)13-15-26(20,4)25(22)14-16-27(23,24)5;2*1-18(2)7-6-8-19(3)23-11-12-24-22-10-9-20-17-21(28)13-15-26(20,4)25(22)14-16-27(23,24)5;;1-3-2;;/h2*18-25H,6-17H2,1-5H3;18-25H,6-17H2,1-5H3;18-25H,6-17,28H2,1-5H3;18-25,28H,6-17H2,1-5H3;1H;;1H3;/q;;;;;;-1;;+1/t2*19-,20+,21-,22+,23-,24+,25+,26+,27-;3*19-,20+,21+,22+,23-,24+,25+,26+,27-;;;;/m11111..../s1. The zero-order valence-corrected chi connectivity index (χ0v) is 108. The molecule has 20 saturated carbocycles. The molecule has 0 heterocycles. The van der Waals surface area contributed by atoms with Gasteiger partial charge in [-0.2, -0.15) is 0 Å². The Kier molecular flexibility index (Phi) is 46.1. The van der Waals surface area contributed by atoms with Crippen LogP contribution in [0.15, 0.2) is 5.11 Å². The number of azide groups is 1. The summed E-state index contributed by atoms with van der Waals surface area (Å²) in [4.78, 5) is 4.63. The van der Waals surface area contributed by atoms with Crippen molar-refractivity contribution in [2.45, 2.75) is 586 Å². The second kappa shape index (κ2) is 53.6. The summed E-state index contributed by atoms with van der Waals surface area (Å²) in [6.45, 7) is 63.8. The molecule has 45 atom stereocenters. The summed E-state index contributed by atoms with van der Waals surface area (Å²) < 4.78 is 0.962. The quantitative estimate of drug-likeness (QED) is 0.0194. The molecule has 0 amide bonds. The Morgan fingerprint density at radius 2 is 0.520 bits per heavy atom. The Morgan fingerprint density at radius 1 is 0.291 bits per heavy atom. The van der Waals surface area contributed by atoms with Gasteiger partial charge < -0.3 is 28.1 Å². The van der Waals surface area contributed by atoms with Crippen LogP contribution in [0.4, 0.5) is 0 Å². The number of halogens is 3. The molecular weight excluding hydrogens is 1970 g/mol. The smallest absolute Gasteiger partial charge is 0.393 e. The number of hydrogen-bond donors (Lipinski definition) is 3. The van der Waals surface area contributed by atoms with Crippen molar-refractivity contribution < 1.29 is 34.7 Å². The number of fused-ring (bicyclic) bond motifs is 25. The van der Waals surface area contributed by atoms with Crippen LogP contribution in [0.2, 0.25) is 0 Å². The fourth-order valence-electron chi connectivity index (χ4n) is 46.5. The zero-order chi connectivity index (χ0) is 105. The van der Waals surface area contributed by atoms with Crippen LogP contribution in [0.25, 0.3) is 26.4 Å². The molecule has 0 aromatic heterocycles. The molecule has 20 fully saturated rings. The minimum atomic E-state index is -0.00830. The molecule has 0 aromatic carbocycles. The third-order valence-electron chi connectivity index (χ3n) is 54.4. The number of hydrogen-bond acceptors (Lipinski definition) is 4. The summed E-state index contributed by atoms with van der Waals surface area (Å²) in [6, 6.07) is 0.757. The Hall–Kier alpha value is 0.810. The van der Waals surface area contributed by atoms with Gasteiger partial charge >= 0.3 is 29.6 Å². The Bertz CT molecular complexity index is 3730. The molecule has 20 aliphatic carbocycles. The molecule has 6 N–H and O–H groups in total. The first-order valence-corrected chi connectivity index (χ1v) is 67.1. The summed E-state index contributed by atoms with van der Waals surface area (Å²) in [5.41, 5.74) is 34.9. The maximum atomic E-state index is 10.3. The molecule has 20 rings (SSSR count). The molecule has 148 heavy (non-hydrogen) atoms. The average molecular weight is 2210 g/mol. The van der Waals surface area contributed by atoms with Crippen LogP contribution in [0.5, 0.6) is 0 Å². The SMILES string of the molecule is CC(C)CCC[C@@H](C)[C@H]1CC[C@H]2[C@@H]3CC[C@H]4C[C@@H](N)CC[C@]4(C)[C@H]3CC[C@]12C.CC(C)CCC[C@@H](C)[C@H]1CC[C@H]2[C@@H]3CC[C@H]4C[C@@H](N=[N+]=[N-])CC[C@]4(C)[C@H]3CC[C@]12C.CC(C)CCC[C@@H](C)[C@H]1CC[C@H]2[C@@H]3CC[C@H]4C[C@@H](O)CC[C@]4(C)[C@H]3CC[C@]12C.CC(C)CCC[C@@H](C)[C@H]1CC[C@H]2[C@@H]3CC[C@H]4C[C@H](Cl)CC[C@]4(C)[C@H]3CC[C@]12C.CC(C)CCC[C@@H](C)[C@H]1CC[C@H]2[C@@H]3CC[C@H]4C[C@H](I)CC[C@]4(C)[C@H]3CC[C@]12C.Cl.N.[N-]=[N+]=[N-].[Na+]. The topological polar surface area (TPSA) is 189 Å². The van der Waals surface area contributed by atoms with E-state index < -0.39 is 0 Å². The molecule has 13 heteroatoms. The van der Waals surface area contributed by atoms with Crippen LogP contribution in [-0.4, -0.2) is 32.6 Å². The van der Waals surface area contributed by atoms with Crippen molar-refractivity contribution in [3.8, 4) is 0 Å². The van der Waals surface area contributed by atoms with Gasteiger partial charge in [0.1, 0.15) is 0 Å². The molecule has 20 aliphatic rings. The third kappa shape index (κ3) is 26.4. The van der Waals surface area contributed by atoms with E-state index in [4.69, 9.17) is 33.9 Å². The van der Waals surface area contributed by atoms with E-state index in [9.17, 15) is 5.11 Å². The van der Waals surface area contributed by atoms with Crippen LogP contribution in [0.1, 0.15) is 558 Å². The van der Waals surface area contributed by atoms with Crippen molar-refractivity contribution in [1.29, 1.82) is 0 Å². The van der Waals surface area contributed by atoms with Crippen molar-refractivity contribution >= 4 is 46.6 Å². The zero-order valence-electron chi connectivity index (χ0n) is 102. The Labute approximate surface area is 963 Å². The first-order valence-electron chi connectivity index (χ1n) is 65.5. The Balaban J connectivity index is 0.000000162. The van der Waals surface area contributed by atoms with Gasteiger partial charge in [0, 0.05) is 26.3 Å². The van der Waals surface area contributed by atoms with Gasteiger partial charge in [-0.25, -0.2) is 0 Å². The minimum Gasteiger partial charge on any atom is -0.393 e. The molecular formula is C135H242Cl2IN8NaO. The van der Waals surface area contributed by atoms with Gasteiger partial charge in [0.05, 0.1) is 6.10 Å². The third-order valence-corrected chi connectivity index (χ3v) is 55.9. The molecule has 0 unspecified atom stereocenters. The normalized spacial score (nSPS) is 46.9. The number of aliphatic hydroxyl groups is 1. The van der Waals surface area contributed by atoms with Gasteiger partial charge in [0.15, 0.2) is 0 Å². The maximum Gasteiger partial charge on any atom is 1.00 e. The molecule has 0 saturated heterocycles. The summed E-state index contributed by atoms with van der Waals surface area (Å²) in [5, 5.41) is 14.8. The summed E-state index contributed by atoms with van der Waals surface area (Å²) in [6.07, 6.45) is 86.3. The van der Waals surface area contributed by atoms with E-state index in [-0.39, 0.29) is 60.3 Å². The number of alkyl halides is 2. The predicted molar refractivity (Wildman–Crippen MR) is 642 cm³/mol. The predicted octanol–water partition coefficient (Wildman–Crippen LogP) is 39.8. The van der Waals surface area contributed by atoms with Gasteiger partial charge in [-0.3, -0.25) is 4.91 Å². The van der Waals surface area contributed by atoms with Crippen LogP contribution >= 0.6 is 46.6 Å². The van der Waals surface area contributed by atoms with Gasteiger partial charge in [0.25, 0.3) is 0 Å². The molecule has 0 aliphatic heterocycles. The van der Waals surface area contributed by atoms with Gasteiger partial charge in [-0.05, 0) is 556 Å². The summed E-state index contributed by atoms with van der Waals surface area (Å²) >= 11 is 9.35. The molecule has 0 radical (unpaired) electrons. The van der Waals surface area contributed by atoms with E-state index in [1.165, 1.54) is 326 Å². The van der Waals surface area contributed by atoms with Crippen molar-refractivity contribution in [3.63, 3.8) is 0 Å².